The third-order valence-corrected chi connectivity index (χ3v) is 4.72. The third kappa shape index (κ3) is 4.80. The Hall–Kier alpha value is -2.39. The first-order valence-corrected chi connectivity index (χ1v) is 8.46. The van der Waals surface area contributed by atoms with Gasteiger partial charge in [-0.25, -0.2) is 17.9 Å². The van der Waals surface area contributed by atoms with E-state index in [1.54, 1.807) is 0 Å². The number of rotatable bonds is 5. The zero-order valence-corrected chi connectivity index (χ0v) is 13.8. The summed E-state index contributed by atoms with van der Waals surface area (Å²) in [4.78, 5) is 11.2. The number of halogens is 3. The summed E-state index contributed by atoms with van der Waals surface area (Å²) in [5.74, 6) is -0.610. The standard InChI is InChI=1S/C16H14F3NO4S/c1-24-15(21)12-5-7-14(8-6-12)25(22,23)20-10-11-3-2-4-13(9-11)16(17,18)19/h2-9,20H,10H2,1H3. The lowest BCUT2D eigenvalue weighted by Crippen LogP contribution is -2.23. The van der Waals surface area contributed by atoms with Gasteiger partial charge in [-0.1, -0.05) is 18.2 Å². The van der Waals surface area contributed by atoms with Crippen LogP contribution < -0.4 is 4.72 Å². The van der Waals surface area contributed by atoms with Gasteiger partial charge in [0.1, 0.15) is 0 Å². The van der Waals surface area contributed by atoms with Crippen LogP contribution in [0.25, 0.3) is 0 Å². The summed E-state index contributed by atoms with van der Waals surface area (Å²) in [5.41, 5.74) is -0.504. The van der Waals surface area contributed by atoms with Crippen molar-refractivity contribution < 1.29 is 31.1 Å². The molecule has 0 heterocycles. The Morgan fingerprint density at radius 3 is 2.32 bits per heavy atom. The highest BCUT2D eigenvalue weighted by molar-refractivity contribution is 7.89. The van der Waals surface area contributed by atoms with Crippen LogP contribution in [0.15, 0.2) is 53.4 Å². The maximum atomic E-state index is 12.7. The third-order valence-electron chi connectivity index (χ3n) is 3.31. The summed E-state index contributed by atoms with van der Waals surface area (Å²) in [5, 5.41) is 0. The van der Waals surface area contributed by atoms with Crippen LogP contribution in [0.4, 0.5) is 13.2 Å². The highest BCUT2D eigenvalue weighted by Crippen LogP contribution is 2.29. The lowest BCUT2D eigenvalue weighted by molar-refractivity contribution is -0.137. The average Bonchev–Trinajstić information content (AvgIpc) is 2.59. The van der Waals surface area contributed by atoms with E-state index in [1.807, 2.05) is 0 Å². The molecule has 1 N–H and O–H groups in total. The first kappa shape index (κ1) is 18.9. The van der Waals surface area contributed by atoms with Crippen LogP contribution in [0, 0.1) is 0 Å². The molecule has 0 fully saturated rings. The number of hydrogen-bond acceptors (Lipinski definition) is 4. The van der Waals surface area contributed by atoms with Crippen LogP contribution >= 0.6 is 0 Å². The van der Waals surface area contributed by atoms with E-state index in [2.05, 4.69) is 9.46 Å². The van der Waals surface area contributed by atoms with Crippen molar-refractivity contribution >= 4 is 16.0 Å². The molecule has 2 aromatic carbocycles. The molecule has 0 saturated carbocycles. The number of alkyl halides is 3. The number of esters is 1. The van der Waals surface area contributed by atoms with Crippen molar-refractivity contribution in [2.24, 2.45) is 0 Å². The van der Waals surface area contributed by atoms with Crippen LogP contribution in [-0.4, -0.2) is 21.5 Å². The van der Waals surface area contributed by atoms with E-state index in [0.717, 1.165) is 12.1 Å². The molecule has 0 radical (unpaired) electrons. The minimum atomic E-state index is -4.50. The maximum Gasteiger partial charge on any atom is 0.416 e. The van der Waals surface area contributed by atoms with E-state index in [0.29, 0.717) is 0 Å². The second-order valence-electron chi connectivity index (χ2n) is 5.04. The van der Waals surface area contributed by atoms with Crippen molar-refractivity contribution in [2.75, 3.05) is 7.11 Å². The van der Waals surface area contributed by atoms with E-state index in [4.69, 9.17) is 0 Å². The van der Waals surface area contributed by atoms with Gasteiger partial charge in [-0.15, -0.1) is 0 Å². The molecule has 0 unspecified atom stereocenters. The molecule has 2 aromatic rings. The number of sulfonamides is 1. The minimum absolute atomic E-state index is 0.118. The molecule has 0 aliphatic heterocycles. The van der Waals surface area contributed by atoms with Crippen LogP contribution in [0.5, 0.6) is 0 Å². The van der Waals surface area contributed by atoms with Crippen LogP contribution in [-0.2, 0) is 27.5 Å². The topological polar surface area (TPSA) is 72.5 Å². The van der Waals surface area contributed by atoms with Gasteiger partial charge in [-0.2, -0.15) is 13.2 Å². The number of benzene rings is 2. The molecule has 0 spiro atoms. The van der Waals surface area contributed by atoms with Gasteiger partial charge in [0.25, 0.3) is 0 Å². The maximum absolute atomic E-state index is 12.7. The molecule has 0 saturated heterocycles. The van der Waals surface area contributed by atoms with Gasteiger partial charge in [0.15, 0.2) is 0 Å². The molecule has 0 atom stereocenters. The van der Waals surface area contributed by atoms with Gasteiger partial charge < -0.3 is 4.74 Å². The van der Waals surface area contributed by atoms with E-state index < -0.39 is 27.7 Å². The first-order chi connectivity index (χ1) is 11.6. The molecule has 0 amide bonds. The van der Waals surface area contributed by atoms with Crippen molar-refractivity contribution in [1.29, 1.82) is 0 Å². The van der Waals surface area contributed by atoms with Gasteiger partial charge in [-0.05, 0) is 35.9 Å². The van der Waals surface area contributed by atoms with Crippen LogP contribution in [0.2, 0.25) is 0 Å². The molecule has 0 aromatic heterocycles. The van der Waals surface area contributed by atoms with Gasteiger partial charge in [0.05, 0.1) is 23.1 Å². The summed E-state index contributed by atoms with van der Waals surface area (Å²) in [6, 6.07) is 9.36. The fourth-order valence-corrected chi connectivity index (χ4v) is 3.03. The highest BCUT2D eigenvalue weighted by atomic mass is 32.2. The number of methoxy groups -OCH3 is 1. The monoisotopic (exact) mass is 373 g/mol. The van der Waals surface area contributed by atoms with Crippen LogP contribution in [0.1, 0.15) is 21.5 Å². The van der Waals surface area contributed by atoms with Crippen molar-refractivity contribution in [2.45, 2.75) is 17.6 Å². The van der Waals surface area contributed by atoms with Gasteiger partial charge >= 0.3 is 12.1 Å². The van der Waals surface area contributed by atoms with Crippen molar-refractivity contribution in [1.82, 2.24) is 4.72 Å². The molecule has 0 aliphatic rings. The Balaban J connectivity index is 2.13. The van der Waals surface area contributed by atoms with E-state index in [1.165, 1.54) is 43.5 Å². The number of ether oxygens (including phenoxy) is 1. The van der Waals surface area contributed by atoms with Crippen LogP contribution in [0.3, 0.4) is 0 Å². The Morgan fingerprint density at radius 1 is 1.12 bits per heavy atom. The quantitative estimate of drug-likeness (QED) is 0.818. The van der Waals surface area contributed by atoms with Gasteiger partial charge in [-0.3, -0.25) is 0 Å². The zero-order chi connectivity index (χ0) is 18.7. The summed E-state index contributed by atoms with van der Waals surface area (Å²) in [6.45, 7) is -0.301. The molecule has 2 rings (SSSR count). The Labute approximate surface area is 142 Å². The number of nitrogens with one attached hydrogen (secondary N) is 1. The summed E-state index contributed by atoms with van der Waals surface area (Å²) in [6.07, 6.45) is -4.50. The normalized spacial score (nSPS) is 12.0. The molecule has 134 valence electrons. The van der Waals surface area contributed by atoms with E-state index >= 15 is 0 Å². The van der Waals surface area contributed by atoms with Crippen molar-refractivity contribution in [3.05, 3.63) is 65.2 Å². The predicted molar refractivity (Wildman–Crippen MR) is 83.3 cm³/mol. The molecule has 25 heavy (non-hydrogen) atoms. The van der Waals surface area contributed by atoms with E-state index in [9.17, 15) is 26.4 Å². The lowest BCUT2D eigenvalue weighted by atomic mass is 10.1. The number of carbonyl (C=O) groups excluding carboxylic acids is 1. The Morgan fingerprint density at radius 2 is 1.76 bits per heavy atom. The lowest BCUT2D eigenvalue weighted by Gasteiger charge is -2.10. The summed E-state index contributed by atoms with van der Waals surface area (Å²) < 4.78 is 69.1. The van der Waals surface area contributed by atoms with Crippen molar-refractivity contribution in [3.63, 3.8) is 0 Å². The number of carbonyl (C=O) groups is 1. The van der Waals surface area contributed by atoms with E-state index in [-0.39, 0.29) is 22.6 Å². The Kier molecular flexibility index (Phi) is 5.48. The highest BCUT2D eigenvalue weighted by Gasteiger charge is 2.30. The smallest absolute Gasteiger partial charge is 0.416 e. The second kappa shape index (κ2) is 7.24. The zero-order valence-electron chi connectivity index (χ0n) is 13.0. The SMILES string of the molecule is COC(=O)c1ccc(S(=O)(=O)NCc2cccc(C(F)(F)F)c2)cc1. The molecule has 0 bridgehead atoms. The molecule has 9 heteroatoms. The molecule has 5 nitrogen and oxygen atoms in total. The molecular weight excluding hydrogens is 359 g/mol. The molecular formula is C16H14F3NO4S. The summed E-state index contributed by atoms with van der Waals surface area (Å²) in [7, 11) is -2.74. The molecule has 0 aliphatic carbocycles. The fraction of sp³-hybridized carbons (Fsp3) is 0.188. The number of hydrogen-bond donors (Lipinski definition) is 1. The average molecular weight is 373 g/mol. The predicted octanol–water partition coefficient (Wildman–Crippen LogP) is 2.97. The van der Waals surface area contributed by atoms with Gasteiger partial charge in [0, 0.05) is 6.54 Å². The largest absolute Gasteiger partial charge is 0.465 e. The van der Waals surface area contributed by atoms with Crippen molar-refractivity contribution in [3.8, 4) is 0 Å². The second-order valence-corrected chi connectivity index (χ2v) is 6.81. The van der Waals surface area contributed by atoms with Gasteiger partial charge in [0.2, 0.25) is 10.0 Å². The minimum Gasteiger partial charge on any atom is -0.465 e. The first-order valence-electron chi connectivity index (χ1n) is 6.97. The summed E-state index contributed by atoms with van der Waals surface area (Å²) >= 11 is 0. The Bertz CT molecular complexity index is 862. The fourth-order valence-electron chi connectivity index (χ4n) is 2.01.